The molecule has 0 radical (unpaired) electrons. The smallest absolute Gasteiger partial charge is 0.322 e. The van der Waals surface area contributed by atoms with Gasteiger partial charge in [-0.1, -0.05) is 61.6 Å². The first-order valence-corrected chi connectivity index (χ1v) is 14.2. The minimum absolute atomic E-state index is 0.173. The summed E-state index contributed by atoms with van der Waals surface area (Å²) in [6.45, 7) is 7.67. The first-order chi connectivity index (χ1) is 14.2. The van der Waals surface area contributed by atoms with Gasteiger partial charge in [0.1, 0.15) is 19.9 Å². The van der Waals surface area contributed by atoms with E-state index in [1.54, 1.807) is 23.9 Å². The van der Waals surface area contributed by atoms with Gasteiger partial charge in [0.05, 0.1) is 5.41 Å². The average molecular weight is 508 g/mol. The first-order valence-electron chi connectivity index (χ1n) is 9.70. The molecule has 168 valence electrons. The zero-order valence-corrected chi connectivity index (χ0v) is 21.8. The largest absolute Gasteiger partial charge is 0.481 e. The zero-order chi connectivity index (χ0) is 22.6. The maximum Gasteiger partial charge on any atom is 0.322 e. The van der Waals surface area contributed by atoms with E-state index in [0.29, 0.717) is 22.1 Å². The summed E-state index contributed by atoms with van der Waals surface area (Å²) < 4.78 is 5.14. The van der Waals surface area contributed by atoms with Crippen molar-refractivity contribution in [1.82, 2.24) is 4.98 Å². The number of hydrogen-bond acceptors (Lipinski definition) is 9. The molecule has 0 fully saturated rings. The Balaban J connectivity index is 2.78. The Labute approximate surface area is 201 Å². The van der Waals surface area contributed by atoms with Crippen molar-refractivity contribution in [3.63, 3.8) is 0 Å². The molecule has 0 saturated heterocycles. The molecular weight excluding hydrogens is 479 g/mol. The van der Waals surface area contributed by atoms with Crippen molar-refractivity contribution >= 4 is 72.8 Å². The summed E-state index contributed by atoms with van der Waals surface area (Å²) in [6, 6.07) is 5.71. The Hall–Kier alpha value is -0.420. The van der Waals surface area contributed by atoms with Crippen LogP contribution in [-0.4, -0.2) is 48.4 Å². The summed E-state index contributed by atoms with van der Waals surface area (Å²) in [5.74, 6) is 0.100. The lowest BCUT2D eigenvalue weighted by atomic mass is 9.75. The van der Waals surface area contributed by atoms with Gasteiger partial charge in [-0.15, -0.1) is 11.8 Å². The minimum atomic E-state index is -1.05. The lowest BCUT2D eigenvalue weighted by Gasteiger charge is -2.36. The number of hydrogen-bond donors (Lipinski definition) is 1. The van der Waals surface area contributed by atoms with E-state index in [1.165, 1.54) is 34.3 Å². The third kappa shape index (κ3) is 8.61. The fraction of sp³-hybridized carbons (Fsp3) is 0.600. The SMILES string of the molecule is CCSC(=S)SC(C)(CC(CC)(CC)C(=O)O)C(=O)OCCSSc1ccccn1. The van der Waals surface area contributed by atoms with E-state index in [0.717, 1.165) is 10.8 Å². The maximum atomic E-state index is 13.0. The number of esters is 1. The topological polar surface area (TPSA) is 76.5 Å². The Bertz CT molecular complexity index is 700. The monoisotopic (exact) mass is 507 g/mol. The Morgan fingerprint density at radius 3 is 2.47 bits per heavy atom. The van der Waals surface area contributed by atoms with E-state index in [2.05, 4.69) is 4.98 Å². The van der Waals surface area contributed by atoms with E-state index >= 15 is 0 Å². The van der Waals surface area contributed by atoms with E-state index in [1.807, 2.05) is 39.0 Å². The van der Waals surface area contributed by atoms with Gasteiger partial charge >= 0.3 is 11.9 Å². The third-order valence-corrected chi connectivity index (χ3v) is 9.56. The number of aromatic nitrogens is 1. The number of ether oxygens (including phenoxy) is 1. The molecule has 1 N–H and O–H groups in total. The van der Waals surface area contributed by atoms with Gasteiger partial charge in [-0.2, -0.15) is 0 Å². The number of thiocarbonyl (C=S) groups is 1. The van der Waals surface area contributed by atoms with Crippen LogP contribution in [-0.2, 0) is 14.3 Å². The van der Waals surface area contributed by atoms with Crippen LogP contribution in [0.1, 0.15) is 47.0 Å². The molecule has 1 unspecified atom stereocenters. The molecule has 1 atom stereocenters. The Morgan fingerprint density at radius 1 is 1.23 bits per heavy atom. The lowest BCUT2D eigenvalue weighted by Crippen LogP contribution is -2.44. The molecule has 1 aromatic rings. The number of carbonyl (C=O) groups excluding carboxylic acids is 1. The number of carboxylic acids is 1. The molecule has 0 aliphatic rings. The van der Waals surface area contributed by atoms with Crippen LogP contribution in [0.5, 0.6) is 0 Å². The molecule has 1 rings (SSSR count). The highest BCUT2D eigenvalue weighted by molar-refractivity contribution is 8.76. The molecule has 0 amide bonds. The summed E-state index contributed by atoms with van der Waals surface area (Å²) >= 11 is 8.14. The molecule has 1 heterocycles. The predicted molar refractivity (Wildman–Crippen MR) is 136 cm³/mol. The average Bonchev–Trinajstić information content (AvgIpc) is 2.72. The van der Waals surface area contributed by atoms with Gasteiger partial charge < -0.3 is 9.84 Å². The quantitative estimate of drug-likeness (QED) is 0.145. The van der Waals surface area contributed by atoms with Crippen molar-refractivity contribution in [3.05, 3.63) is 24.4 Å². The normalized spacial score (nSPS) is 13.5. The second kappa shape index (κ2) is 13.9. The van der Waals surface area contributed by atoms with Crippen LogP contribution in [0.2, 0.25) is 0 Å². The van der Waals surface area contributed by atoms with Crippen LogP contribution >= 0.6 is 57.3 Å². The number of carboxylic acid groups (broad SMARTS) is 1. The molecule has 30 heavy (non-hydrogen) atoms. The van der Waals surface area contributed by atoms with Gasteiger partial charge in [0.15, 0.2) is 0 Å². The van der Waals surface area contributed by atoms with Gasteiger partial charge in [-0.05, 0) is 54.9 Å². The summed E-state index contributed by atoms with van der Waals surface area (Å²) in [6.07, 6.45) is 2.78. The predicted octanol–water partition coefficient (Wildman–Crippen LogP) is 6.18. The molecule has 0 aliphatic carbocycles. The molecule has 10 heteroatoms. The van der Waals surface area contributed by atoms with E-state index in [-0.39, 0.29) is 13.0 Å². The standard InChI is InChI=1S/C20H29NO4S5/c1-5-20(6-2,16(22)23)14-19(4,29-18(26)27-7-3)17(24)25-12-13-28-30-15-10-8-9-11-21-15/h8-11H,5-7,12-14H2,1-4H3,(H,22,23). The van der Waals surface area contributed by atoms with Gasteiger partial charge in [0.25, 0.3) is 0 Å². The van der Waals surface area contributed by atoms with Gasteiger partial charge in [0, 0.05) is 11.9 Å². The molecule has 0 spiro atoms. The highest BCUT2D eigenvalue weighted by atomic mass is 33.1. The molecular formula is C20H29NO4S5. The van der Waals surface area contributed by atoms with Crippen molar-refractivity contribution in [3.8, 4) is 0 Å². The van der Waals surface area contributed by atoms with Gasteiger partial charge in [0.2, 0.25) is 0 Å². The summed E-state index contributed by atoms with van der Waals surface area (Å²) in [5, 5.41) is 10.7. The van der Waals surface area contributed by atoms with Crippen LogP contribution in [0.25, 0.3) is 0 Å². The number of thioether (sulfide) groups is 2. The Kier molecular flexibility index (Phi) is 12.8. The van der Waals surface area contributed by atoms with Crippen LogP contribution in [0.3, 0.4) is 0 Å². The fourth-order valence-corrected chi connectivity index (χ4v) is 7.67. The minimum Gasteiger partial charge on any atom is -0.481 e. The van der Waals surface area contributed by atoms with Gasteiger partial charge in [-0.3, -0.25) is 9.59 Å². The van der Waals surface area contributed by atoms with Gasteiger partial charge in [-0.25, -0.2) is 4.98 Å². The van der Waals surface area contributed by atoms with Crippen molar-refractivity contribution in [2.75, 3.05) is 18.1 Å². The van der Waals surface area contributed by atoms with E-state index in [4.69, 9.17) is 17.0 Å². The number of aliphatic carboxylic acids is 1. The highest BCUT2D eigenvalue weighted by Crippen LogP contribution is 2.44. The van der Waals surface area contributed by atoms with E-state index in [9.17, 15) is 14.7 Å². The number of pyridine rings is 1. The van der Waals surface area contributed by atoms with Crippen molar-refractivity contribution in [1.29, 1.82) is 0 Å². The lowest BCUT2D eigenvalue weighted by molar-refractivity contribution is -0.153. The zero-order valence-electron chi connectivity index (χ0n) is 17.7. The summed E-state index contributed by atoms with van der Waals surface area (Å²) in [5.41, 5.74) is -0.989. The molecule has 1 aromatic heterocycles. The number of nitrogens with zero attached hydrogens (tertiary/aromatic N) is 1. The Morgan fingerprint density at radius 2 is 1.93 bits per heavy atom. The summed E-state index contributed by atoms with van der Waals surface area (Å²) in [7, 11) is 3.08. The van der Waals surface area contributed by atoms with Crippen molar-refractivity contribution in [2.45, 2.75) is 56.7 Å². The summed E-state index contributed by atoms with van der Waals surface area (Å²) in [4.78, 5) is 29.3. The second-order valence-electron chi connectivity index (χ2n) is 6.69. The second-order valence-corrected chi connectivity index (χ2v) is 13.1. The van der Waals surface area contributed by atoms with Crippen LogP contribution < -0.4 is 0 Å². The molecule has 5 nitrogen and oxygen atoms in total. The third-order valence-electron chi connectivity index (χ3n) is 4.67. The van der Waals surface area contributed by atoms with E-state index < -0.39 is 22.1 Å². The first kappa shape index (κ1) is 27.6. The van der Waals surface area contributed by atoms with Crippen LogP contribution in [0.4, 0.5) is 0 Å². The number of carbonyl (C=O) groups is 2. The van der Waals surface area contributed by atoms with Crippen LogP contribution in [0, 0.1) is 5.41 Å². The molecule has 0 aliphatic heterocycles. The number of rotatable bonds is 13. The van der Waals surface area contributed by atoms with Crippen molar-refractivity contribution < 1.29 is 19.4 Å². The highest BCUT2D eigenvalue weighted by Gasteiger charge is 2.47. The van der Waals surface area contributed by atoms with Crippen LogP contribution in [0.15, 0.2) is 29.4 Å². The fourth-order valence-electron chi connectivity index (χ4n) is 2.82. The molecule has 0 saturated carbocycles. The molecule has 0 bridgehead atoms. The van der Waals surface area contributed by atoms with Crippen molar-refractivity contribution in [2.24, 2.45) is 5.41 Å². The molecule has 0 aromatic carbocycles. The maximum absolute atomic E-state index is 13.0.